The maximum absolute atomic E-state index is 12.3. The molecule has 0 fully saturated rings. The molecule has 0 radical (unpaired) electrons. The number of nitrogens with zero attached hydrogens (tertiary/aromatic N) is 2. The minimum absolute atomic E-state index is 0.217. The summed E-state index contributed by atoms with van der Waals surface area (Å²) in [6.45, 7) is 5.12. The third-order valence-corrected chi connectivity index (χ3v) is 3.23. The normalized spacial score (nSPS) is 10.2. The molecule has 2 rings (SSSR count). The number of hydrogen-bond acceptors (Lipinski definition) is 5. The van der Waals surface area contributed by atoms with Gasteiger partial charge in [-0.05, 0) is 37.1 Å². The summed E-state index contributed by atoms with van der Waals surface area (Å²) in [7, 11) is 1.62. The SMILES string of the molecule is CCCNc1nc(C)cc(C(=O)NCc2ccc(OC)cc2)n1. The second-order valence-electron chi connectivity index (χ2n) is 5.18. The molecule has 122 valence electrons. The van der Waals surface area contributed by atoms with Gasteiger partial charge in [0.2, 0.25) is 5.95 Å². The average Bonchev–Trinajstić information content (AvgIpc) is 2.57. The Bertz CT molecular complexity index is 656. The van der Waals surface area contributed by atoms with Gasteiger partial charge in [0.05, 0.1) is 7.11 Å². The maximum Gasteiger partial charge on any atom is 0.270 e. The molecule has 2 aromatic rings. The topological polar surface area (TPSA) is 76.1 Å². The Morgan fingerprint density at radius 1 is 1.22 bits per heavy atom. The standard InChI is InChI=1S/C17H22N4O2/c1-4-9-18-17-20-12(2)10-15(21-17)16(22)19-11-13-5-7-14(23-3)8-6-13/h5-8,10H,4,9,11H2,1-3H3,(H,19,22)(H,18,20,21). The molecule has 0 saturated carbocycles. The number of amides is 1. The summed E-state index contributed by atoms with van der Waals surface area (Å²) in [4.78, 5) is 20.8. The van der Waals surface area contributed by atoms with Crippen LogP contribution in [0.5, 0.6) is 5.75 Å². The first-order valence-corrected chi connectivity index (χ1v) is 7.63. The lowest BCUT2D eigenvalue weighted by Gasteiger charge is -2.09. The van der Waals surface area contributed by atoms with Gasteiger partial charge in [-0.1, -0.05) is 19.1 Å². The number of aromatic nitrogens is 2. The van der Waals surface area contributed by atoms with Gasteiger partial charge >= 0.3 is 0 Å². The molecule has 0 spiro atoms. The van der Waals surface area contributed by atoms with E-state index in [1.165, 1.54) is 0 Å². The fourth-order valence-electron chi connectivity index (χ4n) is 2.02. The largest absolute Gasteiger partial charge is 0.497 e. The van der Waals surface area contributed by atoms with E-state index in [0.717, 1.165) is 30.0 Å². The third kappa shape index (κ3) is 4.95. The molecule has 6 nitrogen and oxygen atoms in total. The Morgan fingerprint density at radius 3 is 2.61 bits per heavy atom. The lowest BCUT2D eigenvalue weighted by molar-refractivity contribution is 0.0945. The molecule has 1 aromatic heterocycles. The molecule has 23 heavy (non-hydrogen) atoms. The first-order chi connectivity index (χ1) is 11.1. The fraction of sp³-hybridized carbons (Fsp3) is 0.353. The summed E-state index contributed by atoms with van der Waals surface area (Å²) >= 11 is 0. The molecule has 0 atom stereocenters. The number of ether oxygens (including phenoxy) is 1. The minimum Gasteiger partial charge on any atom is -0.497 e. The van der Waals surface area contributed by atoms with Gasteiger partial charge in [-0.15, -0.1) is 0 Å². The smallest absolute Gasteiger partial charge is 0.270 e. The highest BCUT2D eigenvalue weighted by molar-refractivity contribution is 5.92. The number of benzene rings is 1. The van der Waals surface area contributed by atoms with Crippen molar-refractivity contribution in [1.82, 2.24) is 15.3 Å². The van der Waals surface area contributed by atoms with E-state index in [1.807, 2.05) is 31.2 Å². The predicted molar refractivity (Wildman–Crippen MR) is 89.7 cm³/mol. The Labute approximate surface area is 136 Å². The quantitative estimate of drug-likeness (QED) is 0.821. The molecular weight excluding hydrogens is 292 g/mol. The Morgan fingerprint density at radius 2 is 1.96 bits per heavy atom. The van der Waals surface area contributed by atoms with E-state index in [2.05, 4.69) is 27.5 Å². The number of hydrogen-bond donors (Lipinski definition) is 2. The van der Waals surface area contributed by atoms with Gasteiger partial charge in [0, 0.05) is 18.8 Å². The first kappa shape index (κ1) is 16.7. The predicted octanol–water partition coefficient (Wildman–Crippen LogP) is 2.55. The van der Waals surface area contributed by atoms with Crippen LogP contribution in [0.1, 0.15) is 35.1 Å². The molecule has 0 aliphatic carbocycles. The highest BCUT2D eigenvalue weighted by Gasteiger charge is 2.10. The number of carbonyl (C=O) groups is 1. The number of anilines is 1. The van der Waals surface area contributed by atoms with Crippen molar-refractivity contribution in [2.24, 2.45) is 0 Å². The Kier molecular flexibility index (Phi) is 5.91. The van der Waals surface area contributed by atoms with E-state index in [-0.39, 0.29) is 5.91 Å². The van der Waals surface area contributed by atoms with E-state index in [0.29, 0.717) is 18.2 Å². The zero-order valence-corrected chi connectivity index (χ0v) is 13.7. The summed E-state index contributed by atoms with van der Waals surface area (Å²) in [6.07, 6.45) is 0.969. The monoisotopic (exact) mass is 314 g/mol. The van der Waals surface area contributed by atoms with Gasteiger partial charge in [0.1, 0.15) is 11.4 Å². The number of rotatable bonds is 7. The molecule has 1 amide bonds. The lowest BCUT2D eigenvalue weighted by atomic mass is 10.2. The van der Waals surface area contributed by atoms with Crippen molar-refractivity contribution in [2.75, 3.05) is 19.0 Å². The lowest BCUT2D eigenvalue weighted by Crippen LogP contribution is -2.24. The van der Waals surface area contributed by atoms with E-state index in [9.17, 15) is 4.79 Å². The van der Waals surface area contributed by atoms with Gasteiger partial charge in [0.25, 0.3) is 5.91 Å². The molecule has 1 heterocycles. The van der Waals surface area contributed by atoms with Crippen LogP contribution in [0, 0.1) is 6.92 Å². The van der Waals surface area contributed by atoms with E-state index in [4.69, 9.17) is 4.74 Å². The van der Waals surface area contributed by atoms with Crippen molar-refractivity contribution in [2.45, 2.75) is 26.8 Å². The maximum atomic E-state index is 12.3. The van der Waals surface area contributed by atoms with Crippen molar-refractivity contribution in [3.63, 3.8) is 0 Å². The van der Waals surface area contributed by atoms with Crippen molar-refractivity contribution < 1.29 is 9.53 Å². The van der Waals surface area contributed by atoms with E-state index >= 15 is 0 Å². The number of methoxy groups -OCH3 is 1. The first-order valence-electron chi connectivity index (χ1n) is 7.63. The van der Waals surface area contributed by atoms with Crippen molar-refractivity contribution in [3.8, 4) is 5.75 Å². The van der Waals surface area contributed by atoms with Crippen LogP contribution in [0.4, 0.5) is 5.95 Å². The molecule has 0 aliphatic heterocycles. The summed E-state index contributed by atoms with van der Waals surface area (Å²) < 4.78 is 5.11. The van der Waals surface area contributed by atoms with Crippen LogP contribution in [0.15, 0.2) is 30.3 Å². The highest BCUT2D eigenvalue weighted by atomic mass is 16.5. The van der Waals surface area contributed by atoms with Crippen LogP contribution in [-0.4, -0.2) is 29.5 Å². The van der Waals surface area contributed by atoms with Crippen LogP contribution >= 0.6 is 0 Å². The van der Waals surface area contributed by atoms with Crippen molar-refractivity contribution >= 4 is 11.9 Å². The summed E-state index contributed by atoms with van der Waals surface area (Å²) in [5, 5.41) is 5.97. The summed E-state index contributed by atoms with van der Waals surface area (Å²) in [6, 6.07) is 9.24. The molecule has 0 saturated heterocycles. The van der Waals surface area contributed by atoms with Crippen LogP contribution < -0.4 is 15.4 Å². The molecule has 0 bridgehead atoms. The summed E-state index contributed by atoms with van der Waals surface area (Å²) in [5.74, 6) is 1.06. The number of nitrogens with one attached hydrogen (secondary N) is 2. The summed E-state index contributed by atoms with van der Waals surface area (Å²) in [5.41, 5.74) is 2.12. The van der Waals surface area contributed by atoms with Gasteiger partial charge in [0.15, 0.2) is 0 Å². The zero-order chi connectivity index (χ0) is 16.7. The van der Waals surface area contributed by atoms with Crippen LogP contribution in [-0.2, 0) is 6.54 Å². The molecule has 2 N–H and O–H groups in total. The second kappa shape index (κ2) is 8.12. The fourth-order valence-corrected chi connectivity index (χ4v) is 2.02. The van der Waals surface area contributed by atoms with E-state index < -0.39 is 0 Å². The average molecular weight is 314 g/mol. The zero-order valence-electron chi connectivity index (χ0n) is 13.7. The van der Waals surface area contributed by atoms with E-state index in [1.54, 1.807) is 13.2 Å². The molecule has 0 aliphatic rings. The molecule has 1 aromatic carbocycles. The van der Waals surface area contributed by atoms with Crippen molar-refractivity contribution in [3.05, 3.63) is 47.3 Å². The number of carbonyl (C=O) groups excluding carboxylic acids is 1. The van der Waals surface area contributed by atoms with Crippen LogP contribution in [0.3, 0.4) is 0 Å². The van der Waals surface area contributed by atoms with Gasteiger partial charge in [-0.25, -0.2) is 9.97 Å². The molecule has 6 heteroatoms. The third-order valence-electron chi connectivity index (χ3n) is 3.23. The second-order valence-corrected chi connectivity index (χ2v) is 5.18. The Hall–Kier alpha value is -2.63. The molecular formula is C17H22N4O2. The molecule has 0 unspecified atom stereocenters. The van der Waals surface area contributed by atoms with Gasteiger partial charge in [-0.2, -0.15) is 0 Å². The van der Waals surface area contributed by atoms with Gasteiger partial charge < -0.3 is 15.4 Å². The van der Waals surface area contributed by atoms with Crippen molar-refractivity contribution in [1.29, 1.82) is 0 Å². The Balaban J connectivity index is 2.00. The number of aryl methyl sites for hydroxylation is 1. The highest BCUT2D eigenvalue weighted by Crippen LogP contribution is 2.11. The van der Waals surface area contributed by atoms with Gasteiger partial charge in [-0.3, -0.25) is 4.79 Å². The minimum atomic E-state index is -0.217. The van der Waals surface area contributed by atoms with Crippen LogP contribution in [0.25, 0.3) is 0 Å². The van der Waals surface area contributed by atoms with Crippen LogP contribution in [0.2, 0.25) is 0 Å².